The number of rotatable bonds is 0. The fourth-order valence-electron chi connectivity index (χ4n) is 1.23. The molecule has 0 bridgehead atoms. The molecule has 1 aliphatic heterocycles. The lowest BCUT2D eigenvalue weighted by atomic mass is 10.1. The van der Waals surface area contributed by atoms with Crippen LogP contribution < -0.4 is 4.99 Å². The lowest BCUT2D eigenvalue weighted by Crippen LogP contribution is -1.99. The van der Waals surface area contributed by atoms with Crippen molar-refractivity contribution >= 4 is 11.9 Å². The Balaban J connectivity index is 2.54. The molecule has 1 heterocycles. The standard InChI is InChI=1S/C9H9N/c1-2-6-9-8(4-1)5-3-7-10-9/h1-2,4,6-7H,3,5H2/q+1. The fourth-order valence-corrected chi connectivity index (χ4v) is 1.23. The van der Waals surface area contributed by atoms with Crippen LogP contribution in [0.1, 0.15) is 12.0 Å². The van der Waals surface area contributed by atoms with E-state index in [0.717, 1.165) is 18.5 Å². The fraction of sp³-hybridized carbons (Fsp3) is 0.222. The van der Waals surface area contributed by atoms with Gasteiger partial charge in [-0.15, -0.1) is 0 Å². The summed E-state index contributed by atoms with van der Waals surface area (Å²) in [7, 11) is 0. The number of nitrogens with zero attached hydrogens (tertiary/aromatic N) is 1. The first-order valence-electron chi connectivity index (χ1n) is 3.57. The Hall–Kier alpha value is -1.11. The Morgan fingerprint density at radius 2 is 2.10 bits per heavy atom. The van der Waals surface area contributed by atoms with Gasteiger partial charge < -0.3 is 0 Å². The van der Waals surface area contributed by atoms with E-state index in [1.807, 2.05) is 12.3 Å². The van der Waals surface area contributed by atoms with Crippen molar-refractivity contribution in [1.29, 1.82) is 0 Å². The number of benzene rings is 1. The second kappa shape index (κ2) is 2.25. The number of hydrogen-bond donors (Lipinski definition) is 0. The molecule has 1 aliphatic rings. The molecule has 1 aromatic rings. The van der Waals surface area contributed by atoms with Gasteiger partial charge in [-0.2, -0.15) is 0 Å². The van der Waals surface area contributed by atoms with E-state index in [2.05, 4.69) is 23.2 Å². The Morgan fingerprint density at radius 1 is 1.20 bits per heavy atom. The van der Waals surface area contributed by atoms with Gasteiger partial charge in [0.2, 0.25) is 6.21 Å². The summed E-state index contributed by atoms with van der Waals surface area (Å²) in [6.45, 7) is 0. The molecule has 0 aromatic heterocycles. The van der Waals surface area contributed by atoms with Gasteiger partial charge in [0.25, 0.3) is 5.69 Å². The largest absolute Gasteiger partial charge is 0.279 e. The van der Waals surface area contributed by atoms with Gasteiger partial charge in [-0.05, 0) is 6.42 Å². The van der Waals surface area contributed by atoms with Crippen molar-refractivity contribution < 1.29 is 0 Å². The van der Waals surface area contributed by atoms with Crippen molar-refractivity contribution in [3.63, 3.8) is 0 Å². The van der Waals surface area contributed by atoms with Crippen LogP contribution in [-0.4, -0.2) is 6.21 Å². The normalized spacial score (nSPS) is 14.8. The minimum Gasteiger partial charge on any atom is -0.0615 e. The van der Waals surface area contributed by atoms with E-state index in [0.29, 0.717) is 0 Å². The Labute approximate surface area is 60.4 Å². The van der Waals surface area contributed by atoms with Crippen LogP contribution in [0.3, 0.4) is 0 Å². The number of fused-ring (bicyclic) bond motifs is 1. The van der Waals surface area contributed by atoms with Crippen LogP contribution in [0.4, 0.5) is 5.69 Å². The van der Waals surface area contributed by atoms with E-state index in [-0.39, 0.29) is 0 Å². The second-order valence-electron chi connectivity index (χ2n) is 2.48. The summed E-state index contributed by atoms with van der Waals surface area (Å²) in [5, 5.41) is 0. The molecule has 1 radical (unpaired) electrons. The Bertz CT molecular complexity index is 263. The summed E-state index contributed by atoms with van der Waals surface area (Å²) in [6, 6.07) is 8.30. The molecule has 1 nitrogen and oxygen atoms in total. The average molecular weight is 131 g/mol. The predicted molar refractivity (Wildman–Crippen MR) is 42.6 cm³/mol. The van der Waals surface area contributed by atoms with Crippen LogP contribution in [0, 0.1) is 0 Å². The molecule has 0 amide bonds. The second-order valence-corrected chi connectivity index (χ2v) is 2.48. The molecule has 0 fully saturated rings. The maximum Gasteiger partial charge on any atom is 0.279 e. The van der Waals surface area contributed by atoms with Gasteiger partial charge in [0, 0.05) is 18.1 Å². The molecule has 0 N–H and O–H groups in total. The lowest BCUT2D eigenvalue weighted by Gasteiger charge is -1.97. The van der Waals surface area contributed by atoms with Crippen LogP contribution in [0.15, 0.2) is 24.3 Å². The number of hydrogen-bond acceptors (Lipinski definition) is 1. The molecule has 10 heavy (non-hydrogen) atoms. The molecule has 1 heteroatoms. The summed E-state index contributed by atoms with van der Waals surface area (Å²) in [5.41, 5.74) is 2.53. The minimum absolute atomic E-state index is 1.09. The van der Waals surface area contributed by atoms with Crippen molar-refractivity contribution in [3.05, 3.63) is 29.8 Å². The highest BCUT2D eigenvalue weighted by atomic mass is 14.7. The molecule has 0 atom stereocenters. The van der Waals surface area contributed by atoms with Gasteiger partial charge in [-0.25, -0.2) is 0 Å². The van der Waals surface area contributed by atoms with E-state index < -0.39 is 0 Å². The average Bonchev–Trinajstić information content (AvgIpc) is 2.05. The number of para-hydroxylation sites is 1. The summed E-state index contributed by atoms with van der Waals surface area (Å²) >= 11 is 0. The first kappa shape index (κ1) is 5.66. The molecular formula is C9H9N+. The topological polar surface area (TPSA) is 14.1 Å². The third kappa shape index (κ3) is 0.838. The highest BCUT2D eigenvalue weighted by Gasteiger charge is 2.12. The summed E-state index contributed by atoms with van der Waals surface area (Å²) in [4.78, 5) is 4.27. The van der Waals surface area contributed by atoms with E-state index >= 15 is 0 Å². The summed E-state index contributed by atoms with van der Waals surface area (Å²) in [5.74, 6) is 0. The van der Waals surface area contributed by atoms with Gasteiger partial charge in [0.05, 0.1) is 4.99 Å². The van der Waals surface area contributed by atoms with Crippen LogP contribution in [0.25, 0.3) is 0 Å². The van der Waals surface area contributed by atoms with Crippen molar-refractivity contribution in [2.24, 2.45) is 0 Å². The SMILES string of the molecule is C1=[N+]c2ccccc2CC1. The molecule has 2 rings (SSSR count). The summed E-state index contributed by atoms with van der Waals surface area (Å²) in [6.07, 6.45) is 4.24. The molecule has 49 valence electrons. The van der Waals surface area contributed by atoms with Gasteiger partial charge >= 0.3 is 0 Å². The summed E-state index contributed by atoms with van der Waals surface area (Å²) < 4.78 is 0. The smallest absolute Gasteiger partial charge is 0.0615 e. The molecule has 1 aromatic carbocycles. The van der Waals surface area contributed by atoms with Crippen molar-refractivity contribution in [2.45, 2.75) is 12.8 Å². The monoisotopic (exact) mass is 131 g/mol. The maximum atomic E-state index is 4.27. The zero-order valence-electron chi connectivity index (χ0n) is 5.75. The van der Waals surface area contributed by atoms with Gasteiger partial charge in [-0.3, -0.25) is 0 Å². The van der Waals surface area contributed by atoms with E-state index in [1.165, 1.54) is 5.56 Å². The van der Waals surface area contributed by atoms with Crippen molar-refractivity contribution in [3.8, 4) is 0 Å². The molecule has 0 spiro atoms. The highest BCUT2D eigenvalue weighted by molar-refractivity contribution is 5.66. The van der Waals surface area contributed by atoms with Gasteiger partial charge in [0.1, 0.15) is 0 Å². The highest BCUT2D eigenvalue weighted by Crippen LogP contribution is 2.16. The molecular weight excluding hydrogens is 122 g/mol. The first-order chi connectivity index (χ1) is 4.97. The molecule has 0 aliphatic carbocycles. The Kier molecular flexibility index (Phi) is 1.28. The zero-order valence-corrected chi connectivity index (χ0v) is 5.75. The van der Waals surface area contributed by atoms with Crippen LogP contribution >= 0.6 is 0 Å². The van der Waals surface area contributed by atoms with Gasteiger partial charge in [-0.1, -0.05) is 18.2 Å². The van der Waals surface area contributed by atoms with Crippen LogP contribution in [0.2, 0.25) is 0 Å². The minimum atomic E-state index is 1.09. The van der Waals surface area contributed by atoms with Crippen LogP contribution in [0.5, 0.6) is 0 Å². The number of aliphatic imine (C=N–C) groups is 1. The molecule has 0 unspecified atom stereocenters. The van der Waals surface area contributed by atoms with E-state index in [1.54, 1.807) is 0 Å². The predicted octanol–water partition coefficient (Wildman–Crippen LogP) is 1.67. The third-order valence-corrected chi connectivity index (χ3v) is 1.76. The van der Waals surface area contributed by atoms with Crippen LogP contribution in [-0.2, 0) is 6.42 Å². The Morgan fingerprint density at radius 3 is 3.00 bits per heavy atom. The van der Waals surface area contributed by atoms with E-state index in [9.17, 15) is 0 Å². The first-order valence-corrected chi connectivity index (χ1v) is 3.57. The molecule has 0 saturated carbocycles. The third-order valence-electron chi connectivity index (χ3n) is 1.76. The van der Waals surface area contributed by atoms with Crippen molar-refractivity contribution in [1.82, 2.24) is 4.99 Å². The zero-order chi connectivity index (χ0) is 6.81. The lowest BCUT2D eigenvalue weighted by molar-refractivity contribution is 1.01. The van der Waals surface area contributed by atoms with Crippen molar-refractivity contribution in [2.75, 3.05) is 0 Å². The van der Waals surface area contributed by atoms with E-state index in [4.69, 9.17) is 0 Å². The quantitative estimate of drug-likeness (QED) is 0.508. The number of aryl methyl sites for hydroxylation is 1. The maximum absolute atomic E-state index is 4.27. The molecule has 0 saturated heterocycles. The van der Waals surface area contributed by atoms with Gasteiger partial charge in [0.15, 0.2) is 0 Å².